The van der Waals surface area contributed by atoms with E-state index in [1.54, 1.807) is 23.9 Å². The molecule has 0 atom stereocenters. The third-order valence-electron chi connectivity index (χ3n) is 2.98. The number of carbonyl (C=O) groups excluding carboxylic acids is 1. The van der Waals surface area contributed by atoms with E-state index in [4.69, 9.17) is 0 Å². The molecule has 9 heteroatoms. The zero-order chi connectivity index (χ0) is 16.3. The highest BCUT2D eigenvalue weighted by molar-refractivity contribution is 9.10. The number of nitro groups is 1. The zero-order valence-electron chi connectivity index (χ0n) is 11.8. The highest BCUT2D eigenvalue weighted by Gasteiger charge is 2.17. The molecule has 0 bridgehead atoms. The molecule has 0 radical (unpaired) electrons. The molecule has 0 aliphatic rings. The van der Waals surface area contributed by atoms with Gasteiger partial charge in [0.25, 0.3) is 11.6 Å². The van der Waals surface area contributed by atoms with E-state index in [-0.39, 0.29) is 11.4 Å². The lowest BCUT2D eigenvalue weighted by molar-refractivity contribution is -0.385. The molecule has 1 N–H and O–H groups in total. The van der Waals surface area contributed by atoms with Crippen molar-refractivity contribution in [1.82, 2.24) is 15.2 Å². The average molecular weight is 366 g/mol. The van der Waals surface area contributed by atoms with Gasteiger partial charge in [-0.2, -0.15) is 10.2 Å². The predicted molar refractivity (Wildman–Crippen MR) is 83.8 cm³/mol. The van der Waals surface area contributed by atoms with Crippen LogP contribution in [0.1, 0.15) is 21.7 Å². The van der Waals surface area contributed by atoms with Gasteiger partial charge in [-0.05, 0) is 28.9 Å². The summed E-state index contributed by atoms with van der Waals surface area (Å²) in [6, 6.07) is 6.10. The zero-order valence-corrected chi connectivity index (χ0v) is 13.4. The lowest BCUT2D eigenvalue weighted by Crippen LogP contribution is -2.19. The van der Waals surface area contributed by atoms with Crippen molar-refractivity contribution < 1.29 is 9.72 Å². The monoisotopic (exact) mass is 365 g/mol. The van der Waals surface area contributed by atoms with Crippen LogP contribution >= 0.6 is 15.9 Å². The largest absolute Gasteiger partial charge is 0.293 e. The van der Waals surface area contributed by atoms with Crippen molar-refractivity contribution in [3.63, 3.8) is 0 Å². The first-order valence-electron chi connectivity index (χ1n) is 6.17. The first-order valence-corrected chi connectivity index (χ1v) is 6.97. The molecule has 0 aliphatic heterocycles. The number of para-hydroxylation sites is 1. The van der Waals surface area contributed by atoms with Crippen LogP contribution in [-0.2, 0) is 7.05 Å². The van der Waals surface area contributed by atoms with Crippen LogP contribution in [0.2, 0.25) is 0 Å². The lowest BCUT2D eigenvalue weighted by Gasteiger charge is -1.98. The number of benzene rings is 1. The number of hydrogen-bond acceptors (Lipinski definition) is 5. The van der Waals surface area contributed by atoms with Crippen LogP contribution in [0.5, 0.6) is 0 Å². The molecular weight excluding hydrogens is 354 g/mol. The minimum atomic E-state index is -0.512. The van der Waals surface area contributed by atoms with Gasteiger partial charge in [-0.25, -0.2) is 5.43 Å². The fourth-order valence-corrected chi connectivity index (χ4v) is 2.22. The number of nitrogens with one attached hydrogen (secondary N) is 1. The van der Waals surface area contributed by atoms with Gasteiger partial charge in [0, 0.05) is 13.1 Å². The number of halogens is 1. The number of aryl methyl sites for hydroxylation is 1. The topological polar surface area (TPSA) is 102 Å². The molecule has 1 aromatic heterocycles. The van der Waals surface area contributed by atoms with Crippen molar-refractivity contribution in [2.24, 2.45) is 12.1 Å². The summed E-state index contributed by atoms with van der Waals surface area (Å²) in [5, 5.41) is 18.7. The Morgan fingerprint density at radius 1 is 1.50 bits per heavy atom. The Bertz CT molecular complexity index is 769. The van der Waals surface area contributed by atoms with E-state index in [0.29, 0.717) is 10.0 Å². The standard InChI is InChI=1S/C13H12BrN5O3/c1-8-11(14)12(17-18(8)2)13(20)16-15-7-9-5-3-4-6-10(9)19(21)22/h3-7H,1-2H3,(H,16,20). The number of nitro benzene ring substituents is 1. The summed E-state index contributed by atoms with van der Waals surface area (Å²) in [6.07, 6.45) is 1.22. The maximum absolute atomic E-state index is 12.0. The number of amides is 1. The fraction of sp³-hybridized carbons (Fsp3) is 0.154. The van der Waals surface area contributed by atoms with Crippen molar-refractivity contribution in [2.45, 2.75) is 6.92 Å². The van der Waals surface area contributed by atoms with E-state index in [0.717, 1.165) is 5.69 Å². The average Bonchev–Trinajstić information content (AvgIpc) is 2.75. The smallest absolute Gasteiger partial charge is 0.271 e. The summed E-state index contributed by atoms with van der Waals surface area (Å²) in [7, 11) is 1.72. The molecule has 8 nitrogen and oxygen atoms in total. The normalized spacial score (nSPS) is 10.9. The summed E-state index contributed by atoms with van der Waals surface area (Å²) >= 11 is 3.28. The molecule has 22 heavy (non-hydrogen) atoms. The Kier molecular flexibility index (Phi) is 4.66. The minimum absolute atomic E-state index is 0.0876. The predicted octanol–water partition coefficient (Wildman–Crippen LogP) is 2.16. The molecule has 0 aliphatic carbocycles. The Labute approximate surface area is 134 Å². The Morgan fingerprint density at radius 2 is 2.18 bits per heavy atom. The number of hydrazone groups is 1. The summed E-state index contributed by atoms with van der Waals surface area (Å²) in [5.41, 5.74) is 3.50. The second kappa shape index (κ2) is 6.48. The van der Waals surface area contributed by atoms with Gasteiger partial charge < -0.3 is 0 Å². The molecule has 0 fully saturated rings. The molecule has 1 amide bonds. The third-order valence-corrected chi connectivity index (χ3v) is 3.93. The van der Waals surface area contributed by atoms with E-state index in [1.807, 2.05) is 6.92 Å². The van der Waals surface area contributed by atoms with E-state index < -0.39 is 10.8 Å². The van der Waals surface area contributed by atoms with Gasteiger partial charge in [0.1, 0.15) is 0 Å². The van der Waals surface area contributed by atoms with Gasteiger partial charge in [0.05, 0.1) is 26.9 Å². The molecule has 2 rings (SSSR count). The quantitative estimate of drug-likeness (QED) is 0.509. The van der Waals surface area contributed by atoms with Crippen LogP contribution in [0.4, 0.5) is 5.69 Å². The third kappa shape index (κ3) is 3.19. The summed E-state index contributed by atoms with van der Waals surface area (Å²) in [4.78, 5) is 22.3. The van der Waals surface area contributed by atoms with E-state index in [9.17, 15) is 14.9 Å². The van der Waals surface area contributed by atoms with Gasteiger partial charge in [-0.3, -0.25) is 19.6 Å². The summed E-state index contributed by atoms with van der Waals surface area (Å²) in [6.45, 7) is 1.81. The number of rotatable bonds is 4. The van der Waals surface area contributed by atoms with Crippen LogP contribution in [-0.4, -0.2) is 26.8 Å². The molecule has 2 aromatic rings. The number of carbonyl (C=O) groups is 1. The van der Waals surface area contributed by atoms with Crippen molar-refractivity contribution in [3.8, 4) is 0 Å². The van der Waals surface area contributed by atoms with Crippen LogP contribution in [0.15, 0.2) is 33.8 Å². The van der Waals surface area contributed by atoms with Crippen molar-refractivity contribution in [2.75, 3.05) is 0 Å². The van der Waals surface area contributed by atoms with Gasteiger partial charge >= 0.3 is 0 Å². The van der Waals surface area contributed by atoms with E-state index >= 15 is 0 Å². The van der Waals surface area contributed by atoms with Crippen LogP contribution in [0, 0.1) is 17.0 Å². The summed E-state index contributed by atoms with van der Waals surface area (Å²) in [5.74, 6) is -0.509. The number of nitrogens with zero attached hydrogens (tertiary/aromatic N) is 4. The molecule has 114 valence electrons. The van der Waals surface area contributed by atoms with E-state index in [1.165, 1.54) is 18.3 Å². The highest BCUT2D eigenvalue weighted by atomic mass is 79.9. The summed E-state index contributed by atoms with van der Waals surface area (Å²) < 4.78 is 2.14. The van der Waals surface area contributed by atoms with Gasteiger partial charge in [0.2, 0.25) is 0 Å². The Morgan fingerprint density at radius 3 is 2.77 bits per heavy atom. The molecule has 0 saturated heterocycles. The van der Waals surface area contributed by atoms with Gasteiger partial charge in [0.15, 0.2) is 5.69 Å². The second-order valence-corrected chi connectivity index (χ2v) is 5.18. The van der Waals surface area contributed by atoms with Gasteiger partial charge in [-0.1, -0.05) is 12.1 Å². The Balaban J connectivity index is 2.14. The lowest BCUT2D eigenvalue weighted by atomic mass is 10.2. The maximum atomic E-state index is 12.0. The number of aromatic nitrogens is 2. The first kappa shape index (κ1) is 15.8. The first-order chi connectivity index (χ1) is 10.4. The van der Waals surface area contributed by atoms with Crippen LogP contribution < -0.4 is 5.43 Å². The minimum Gasteiger partial charge on any atom is -0.271 e. The Hall–Kier alpha value is -2.55. The van der Waals surface area contributed by atoms with Crippen LogP contribution in [0.3, 0.4) is 0 Å². The van der Waals surface area contributed by atoms with Crippen molar-refractivity contribution in [1.29, 1.82) is 0 Å². The second-order valence-electron chi connectivity index (χ2n) is 4.39. The highest BCUT2D eigenvalue weighted by Crippen LogP contribution is 2.19. The molecule has 0 spiro atoms. The van der Waals surface area contributed by atoms with Crippen molar-refractivity contribution in [3.05, 3.63) is 55.8 Å². The van der Waals surface area contributed by atoms with Gasteiger partial charge in [-0.15, -0.1) is 0 Å². The number of hydrogen-bond donors (Lipinski definition) is 1. The van der Waals surface area contributed by atoms with Crippen LogP contribution in [0.25, 0.3) is 0 Å². The molecule has 0 unspecified atom stereocenters. The molecule has 0 saturated carbocycles. The molecule has 1 aromatic carbocycles. The molecule has 1 heterocycles. The van der Waals surface area contributed by atoms with Crippen molar-refractivity contribution >= 4 is 33.7 Å². The maximum Gasteiger partial charge on any atom is 0.293 e. The van der Waals surface area contributed by atoms with E-state index in [2.05, 4.69) is 31.6 Å². The fourth-order valence-electron chi connectivity index (χ4n) is 1.70. The SMILES string of the molecule is Cc1c(Br)c(C(=O)NN=Cc2ccccc2[N+](=O)[O-])nn1C. The molecular formula is C13H12BrN5O3.